The summed E-state index contributed by atoms with van der Waals surface area (Å²) in [5.41, 5.74) is -0.327. The van der Waals surface area contributed by atoms with Crippen LogP contribution in [-0.2, 0) is 9.47 Å². The summed E-state index contributed by atoms with van der Waals surface area (Å²) in [6, 6.07) is 7.87. The summed E-state index contributed by atoms with van der Waals surface area (Å²) < 4.78 is 14.1. The smallest absolute Gasteiger partial charge is 0.350 e. The van der Waals surface area contributed by atoms with Gasteiger partial charge >= 0.3 is 29.8 Å². The number of hydrogen-bond donors (Lipinski definition) is 0. The van der Waals surface area contributed by atoms with Crippen molar-refractivity contribution in [3.05, 3.63) is 64.2 Å². The maximum absolute atomic E-state index is 12.4. The highest BCUT2D eigenvalue weighted by molar-refractivity contribution is 6.17. The van der Waals surface area contributed by atoms with Crippen LogP contribution in [-0.4, -0.2) is 29.8 Å². The zero-order chi connectivity index (χ0) is 17.7. The molecule has 25 heavy (non-hydrogen) atoms. The molecule has 8 nitrogen and oxygen atoms in total. The van der Waals surface area contributed by atoms with Gasteiger partial charge in [-0.3, -0.25) is 0 Å². The van der Waals surface area contributed by atoms with Gasteiger partial charge in [0.2, 0.25) is 0 Å². The number of fused-ring (bicyclic) bond motifs is 3. The van der Waals surface area contributed by atoms with Crippen molar-refractivity contribution in [1.82, 2.24) is 0 Å². The van der Waals surface area contributed by atoms with Gasteiger partial charge in [-0.2, -0.15) is 0 Å². The average Bonchev–Trinajstić information content (AvgIpc) is 2.88. The fourth-order valence-electron chi connectivity index (χ4n) is 2.56. The maximum atomic E-state index is 12.4. The minimum atomic E-state index is -0.974. The van der Waals surface area contributed by atoms with E-state index in [1.54, 1.807) is 0 Å². The summed E-state index contributed by atoms with van der Waals surface area (Å²) in [4.78, 5) is 58.8. The van der Waals surface area contributed by atoms with Crippen molar-refractivity contribution in [1.29, 1.82) is 0 Å². The lowest BCUT2D eigenvalue weighted by Crippen LogP contribution is -2.23. The molecule has 0 unspecified atom stereocenters. The van der Waals surface area contributed by atoms with Crippen molar-refractivity contribution >= 4 is 29.8 Å². The minimum absolute atomic E-state index is 0.0167. The Kier molecular flexibility index (Phi) is 3.01. The summed E-state index contributed by atoms with van der Waals surface area (Å²) >= 11 is 0. The molecule has 0 N–H and O–H groups in total. The minimum Gasteiger partial charge on any atom is -0.422 e. The molecule has 4 rings (SSSR count). The van der Waals surface area contributed by atoms with Crippen LogP contribution in [0.15, 0.2) is 36.4 Å². The van der Waals surface area contributed by atoms with E-state index in [1.165, 1.54) is 36.4 Å². The van der Waals surface area contributed by atoms with Gasteiger partial charge in [0.25, 0.3) is 0 Å². The maximum Gasteiger partial charge on any atom is 0.350 e. The molecule has 2 aromatic carbocycles. The number of cyclic esters (lactones) is 4. The fraction of sp³-hybridized carbons (Fsp3) is 0. The second-order valence-electron chi connectivity index (χ2n) is 5.18. The van der Waals surface area contributed by atoms with Gasteiger partial charge in [0.05, 0.1) is 22.3 Å². The van der Waals surface area contributed by atoms with Crippen molar-refractivity contribution in [3.8, 4) is 5.75 Å². The van der Waals surface area contributed by atoms with Crippen molar-refractivity contribution < 1.29 is 38.2 Å². The van der Waals surface area contributed by atoms with Gasteiger partial charge in [-0.15, -0.1) is 0 Å². The Bertz CT molecular complexity index is 1020. The van der Waals surface area contributed by atoms with Crippen LogP contribution in [0.5, 0.6) is 5.75 Å². The number of esters is 5. The van der Waals surface area contributed by atoms with Gasteiger partial charge in [-0.1, -0.05) is 6.07 Å². The average molecular weight is 338 g/mol. The van der Waals surface area contributed by atoms with E-state index >= 15 is 0 Å². The third kappa shape index (κ3) is 2.19. The zero-order valence-corrected chi connectivity index (χ0v) is 12.2. The van der Waals surface area contributed by atoms with E-state index in [1.807, 2.05) is 0 Å². The first kappa shape index (κ1) is 14.8. The van der Waals surface area contributed by atoms with Crippen LogP contribution in [0.2, 0.25) is 0 Å². The first-order valence-electron chi connectivity index (χ1n) is 6.98. The van der Waals surface area contributed by atoms with Crippen LogP contribution >= 0.6 is 0 Å². The predicted octanol–water partition coefficient (Wildman–Crippen LogP) is 1.53. The monoisotopic (exact) mass is 338 g/mol. The topological polar surface area (TPSA) is 113 Å². The normalized spacial score (nSPS) is 14.7. The molecule has 8 heteroatoms. The second kappa shape index (κ2) is 5.10. The first-order chi connectivity index (χ1) is 12.0. The summed E-state index contributed by atoms with van der Waals surface area (Å²) in [6.07, 6.45) is 0. The Balaban J connectivity index is 1.72. The molecular formula is C17H6O8. The van der Waals surface area contributed by atoms with Crippen LogP contribution in [0.3, 0.4) is 0 Å². The molecule has 0 atom stereocenters. The molecule has 0 spiro atoms. The highest BCUT2D eigenvalue weighted by Crippen LogP contribution is 2.30. The van der Waals surface area contributed by atoms with Crippen molar-refractivity contribution in [2.24, 2.45) is 0 Å². The van der Waals surface area contributed by atoms with E-state index in [2.05, 4.69) is 9.47 Å². The van der Waals surface area contributed by atoms with Crippen LogP contribution < -0.4 is 4.74 Å². The molecule has 0 amide bonds. The summed E-state index contributed by atoms with van der Waals surface area (Å²) in [6.45, 7) is 0. The standard InChI is InChI=1S/C17H6O8/c18-13-7-4-5-8(10(6-7)16(21)24-13)14(19)23-11-3-1-2-9-12(11)17(22)25-15(9)20/h1-6H. The van der Waals surface area contributed by atoms with Gasteiger partial charge in [0.15, 0.2) is 0 Å². The lowest BCUT2D eigenvalue weighted by Gasteiger charge is -2.14. The number of hydrogen-bond acceptors (Lipinski definition) is 8. The van der Waals surface area contributed by atoms with Crippen LogP contribution in [0.4, 0.5) is 0 Å². The molecule has 0 radical (unpaired) electrons. The fourth-order valence-corrected chi connectivity index (χ4v) is 2.56. The van der Waals surface area contributed by atoms with Crippen molar-refractivity contribution in [2.45, 2.75) is 0 Å². The molecule has 0 saturated heterocycles. The first-order valence-corrected chi connectivity index (χ1v) is 6.98. The van der Waals surface area contributed by atoms with Gasteiger partial charge in [-0.25, -0.2) is 24.0 Å². The van der Waals surface area contributed by atoms with E-state index in [0.29, 0.717) is 0 Å². The Hall–Kier alpha value is -3.81. The number of carbonyl (C=O) groups excluding carboxylic acids is 5. The highest BCUT2D eigenvalue weighted by Gasteiger charge is 2.34. The van der Waals surface area contributed by atoms with Gasteiger partial charge in [0, 0.05) is 0 Å². The van der Waals surface area contributed by atoms with Crippen LogP contribution in [0, 0.1) is 0 Å². The van der Waals surface area contributed by atoms with Gasteiger partial charge in [0.1, 0.15) is 11.3 Å². The largest absolute Gasteiger partial charge is 0.422 e. The number of rotatable bonds is 2. The van der Waals surface area contributed by atoms with E-state index in [9.17, 15) is 24.0 Å². The highest BCUT2D eigenvalue weighted by atomic mass is 16.6. The summed E-state index contributed by atoms with van der Waals surface area (Å²) in [5.74, 6) is -4.66. The molecule has 122 valence electrons. The summed E-state index contributed by atoms with van der Waals surface area (Å²) in [7, 11) is 0. The lowest BCUT2D eigenvalue weighted by atomic mass is 10.0. The Morgan fingerprint density at radius 2 is 1.52 bits per heavy atom. The molecule has 0 fully saturated rings. The SMILES string of the molecule is O=C1OC(=O)c2cc1ccc2C(=O)Oc1cccc2c1C(=O)OC2=O. The zero-order valence-electron chi connectivity index (χ0n) is 12.2. The summed E-state index contributed by atoms with van der Waals surface area (Å²) in [5, 5.41) is 0. The van der Waals surface area contributed by atoms with E-state index < -0.39 is 29.8 Å². The molecule has 2 heterocycles. The third-order valence-electron chi connectivity index (χ3n) is 3.72. The van der Waals surface area contributed by atoms with E-state index in [4.69, 9.17) is 4.74 Å². The van der Waals surface area contributed by atoms with Gasteiger partial charge < -0.3 is 14.2 Å². The second-order valence-corrected chi connectivity index (χ2v) is 5.18. The third-order valence-corrected chi connectivity index (χ3v) is 3.72. The van der Waals surface area contributed by atoms with Gasteiger partial charge in [-0.05, 0) is 30.3 Å². The van der Waals surface area contributed by atoms with Crippen molar-refractivity contribution in [2.75, 3.05) is 0 Å². The molecule has 2 bridgehead atoms. The molecule has 2 aliphatic rings. The van der Waals surface area contributed by atoms with E-state index in [-0.39, 0.29) is 33.6 Å². The number of carbonyl (C=O) groups is 5. The molecule has 0 aromatic heterocycles. The molecule has 2 aromatic rings. The predicted molar refractivity (Wildman–Crippen MR) is 77.3 cm³/mol. The molecule has 0 saturated carbocycles. The Morgan fingerprint density at radius 3 is 2.32 bits per heavy atom. The van der Waals surface area contributed by atoms with Crippen LogP contribution in [0.1, 0.15) is 51.8 Å². The lowest BCUT2D eigenvalue weighted by molar-refractivity contribution is 0.0374. The molecular weight excluding hydrogens is 332 g/mol. The number of benzene rings is 2. The van der Waals surface area contributed by atoms with Crippen LogP contribution in [0.25, 0.3) is 0 Å². The Labute approximate surface area is 138 Å². The number of ether oxygens (including phenoxy) is 3. The Morgan fingerprint density at radius 1 is 0.800 bits per heavy atom. The molecule has 2 aliphatic heterocycles. The molecule has 0 aliphatic carbocycles. The van der Waals surface area contributed by atoms with Crippen molar-refractivity contribution in [3.63, 3.8) is 0 Å². The van der Waals surface area contributed by atoms with E-state index in [0.717, 1.165) is 0 Å². The quantitative estimate of drug-likeness (QED) is 0.460.